The Balaban J connectivity index is 4.09. The largest absolute Gasteiger partial charge is 0.545 e. The number of rotatable bonds is 2. The van der Waals surface area contributed by atoms with E-state index in [1.165, 1.54) is 6.92 Å². The monoisotopic (exact) mass is 124 g/mol. The third-order valence-electron chi connectivity index (χ3n) is 0.979. The molecule has 3 heteroatoms. The van der Waals surface area contributed by atoms with Crippen molar-refractivity contribution in [2.45, 2.75) is 6.92 Å². The predicted octanol–water partition coefficient (Wildman–Crippen LogP) is -0.548. The van der Waals surface area contributed by atoms with Crippen LogP contribution in [-0.4, -0.2) is 5.97 Å². The first kappa shape index (κ1) is 7.70. The molecule has 1 unspecified atom stereocenters. The van der Waals surface area contributed by atoms with Gasteiger partial charge in [-0.25, -0.2) is 0 Å². The lowest BCUT2D eigenvalue weighted by Crippen LogP contribution is -2.26. The fourth-order valence-electron chi connectivity index (χ4n) is 0.255. The molecule has 0 heterocycles. The number of nitriles is 1. The lowest BCUT2D eigenvalue weighted by Gasteiger charge is -2.05. The van der Waals surface area contributed by atoms with E-state index in [0.29, 0.717) is 0 Å². The van der Waals surface area contributed by atoms with Gasteiger partial charge in [0.15, 0.2) is 0 Å². The summed E-state index contributed by atoms with van der Waals surface area (Å²) in [4.78, 5) is 9.94. The summed E-state index contributed by atoms with van der Waals surface area (Å²) < 4.78 is 0. The minimum absolute atomic E-state index is 0.169. The van der Waals surface area contributed by atoms with Crippen molar-refractivity contribution < 1.29 is 9.90 Å². The van der Waals surface area contributed by atoms with E-state index in [0.717, 1.165) is 0 Å². The molecule has 0 aromatic rings. The zero-order valence-corrected chi connectivity index (χ0v) is 5.05. The van der Waals surface area contributed by atoms with Crippen molar-refractivity contribution in [3.05, 3.63) is 12.2 Å². The number of nitrogens with zero attached hydrogens (tertiary/aromatic N) is 1. The molecule has 0 aliphatic rings. The maximum absolute atomic E-state index is 9.94. The van der Waals surface area contributed by atoms with Gasteiger partial charge in [-0.1, -0.05) is 6.58 Å². The van der Waals surface area contributed by atoms with Gasteiger partial charge in [-0.05, 0) is 12.5 Å². The Labute approximate surface area is 53.2 Å². The molecule has 0 bridgehead atoms. The predicted molar refractivity (Wildman–Crippen MR) is 28.9 cm³/mol. The second-order valence-electron chi connectivity index (χ2n) is 1.66. The molecule has 9 heavy (non-hydrogen) atoms. The summed E-state index contributed by atoms with van der Waals surface area (Å²) in [6.07, 6.45) is 0. The van der Waals surface area contributed by atoms with Crippen molar-refractivity contribution in [1.29, 1.82) is 5.26 Å². The molecule has 0 amide bonds. The zero-order valence-electron chi connectivity index (χ0n) is 5.05. The fourth-order valence-corrected chi connectivity index (χ4v) is 0.255. The lowest BCUT2D eigenvalue weighted by molar-refractivity contribution is -0.299. The van der Waals surface area contributed by atoms with Crippen LogP contribution in [0.25, 0.3) is 0 Å². The van der Waals surface area contributed by atoms with Crippen LogP contribution in [0.15, 0.2) is 12.2 Å². The number of carbonyl (C=O) groups excluding carboxylic acids is 1. The Morgan fingerprint density at radius 1 is 1.89 bits per heavy atom. The number of carboxylic acids is 1. The molecule has 0 rings (SSSR count). The maximum atomic E-state index is 9.94. The van der Waals surface area contributed by atoms with Crippen molar-refractivity contribution in [3.63, 3.8) is 0 Å². The van der Waals surface area contributed by atoms with Crippen molar-refractivity contribution in [2.75, 3.05) is 0 Å². The molecule has 0 aromatic heterocycles. The van der Waals surface area contributed by atoms with E-state index < -0.39 is 11.9 Å². The van der Waals surface area contributed by atoms with Gasteiger partial charge in [0.1, 0.15) is 0 Å². The molecule has 0 fully saturated rings. The van der Waals surface area contributed by atoms with E-state index in [1.807, 2.05) is 0 Å². The standard InChI is InChI=1S/C6H7NO2/c1-4(3-7)5(2)6(8)9/h4H,2H2,1H3,(H,8,9)/p-1. The first-order valence-corrected chi connectivity index (χ1v) is 2.39. The van der Waals surface area contributed by atoms with Gasteiger partial charge in [0.25, 0.3) is 0 Å². The number of aliphatic carboxylic acids is 1. The Morgan fingerprint density at radius 2 is 2.33 bits per heavy atom. The van der Waals surface area contributed by atoms with Crippen LogP contribution in [-0.2, 0) is 4.79 Å². The van der Waals surface area contributed by atoms with E-state index in [1.54, 1.807) is 6.07 Å². The van der Waals surface area contributed by atoms with Crippen LogP contribution < -0.4 is 5.11 Å². The normalized spacial score (nSPS) is 11.6. The van der Waals surface area contributed by atoms with Crippen LogP contribution in [0.5, 0.6) is 0 Å². The lowest BCUT2D eigenvalue weighted by atomic mass is 10.1. The van der Waals surface area contributed by atoms with E-state index in [4.69, 9.17) is 5.26 Å². The average molecular weight is 124 g/mol. The summed E-state index contributed by atoms with van der Waals surface area (Å²) in [5.41, 5.74) is -0.169. The van der Waals surface area contributed by atoms with Gasteiger partial charge in [0.05, 0.1) is 18.0 Å². The van der Waals surface area contributed by atoms with Crippen LogP contribution in [0.4, 0.5) is 0 Å². The molecule has 0 aromatic carbocycles. The fraction of sp³-hybridized carbons (Fsp3) is 0.333. The molecule has 0 saturated carbocycles. The second-order valence-corrected chi connectivity index (χ2v) is 1.66. The summed E-state index contributed by atoms with van der Waals surface area (Å²) in [7, 11) is 0. The smallest absolute Gasteiger partial charge is 0.0701 e. The molecule has 0 radical (unpaired) electrons. The molecule has 0 saturated heterocycles. The molecule has 3 nitrogen and oxygen atoms in total. The summed E-state index contributed by atoms with van der Waals surface area (Å²) in [5, 5.41) is 18.1. The van der Waals surface area contributed by atoms with Gasteiger partial charge in [0.2, 0.25) is 0 Å². The van der Waals surface area contributed by atoms with Crippen molar-refractivity contribution in [1.82, 2.24) is 0 Å². The average Bonchev–Trinajstić information content (AvgIpc) is 1.84. The van der Waals surface area contributed by atoms with E-state index >= 15 is 0 Å². The molecule has 0 spiro atoms. The van der Waals surface area contributed by atoms with E-state index in [9.17, 15) is 9.90 Å². The first-order chi connectivity index (χ1) is 4.09. The topological polar surface area (TPSA) is 63.9 Å². The van der Waals surface area contributed by atoms with E-state index in [2.05, 4.69) is 6.58 Å². The Kier molecular flexibility index (Phi) is 2.46. The molecule has 48 valence electrons. The van der Waals surface area contributed by atoms with Gasteiger partial charge in [-0.2, -0.15) is 5.26 Å². The summed E-state index contributed by atoms with van der Waals surface area (Å²) in [6, 6.07) is 1.73. The molecule has 0 aliphatic heterocycles. The van der Waals surface area contributed by atoms with Gasteiger partial charge in [-0.15, -0.1) is 0 Å². The minimum Gasteiger partial charge on any atom is -0.545 e. The Hall–Kier alpha value is -1.30. The molecular formula is C6H6NO2-. The first-order valence-electron chi connectivity index (χ1n) is 2.39. The highest BCUT2D eigenvalue weighted by molar-refractivity contribution is 5.84. The quantitative estimate of drug-likeness (QED) is 0.464. The summed E-state index contributed by atoms with van der Waals surface area (Å²) >= 11 is 0. The minimum atomic E-state index is -1.36. The SMILES string of the molecule is C=C(C(=O)[O-])C(C)C#N. The third kappa shape index (κ3) is 1.96. The van der Waals surface area contributed by atoms with Gasteiger partial charge < -0.3 is 9.90 Å². The highest BCUT2D eigenvalue weighted by Crippen LogP contribution is 2.03. The van der Waals surface area contributed by atoms with E-state index in [-0.39, 0.29) is 5.57 Å². The number of hydrogen-bond acceptors (Lipinski definition) is 3. The maximum Gasteiger partial charge on any atom is 0.0701 e. The van der Waals surface area contributed by atoms with Gasteiger partial charge in [0, 0.05) is 0 Å². The second kappa shape index (κ2) is 2.88. The van der Waals surface area contributed by atoms with Crippen LogP contribution in [0.3, 0.4) is 0 Å². The third-order valence-corrected chi connectivity index (χ3v) is 0.979. The number of carboxylic acid groups (broad SMARTS) is 1. The molecule has 0 N–H and O–H groups in total. The number of carbonyl (C=O) groups is 1. The van der Waals surface area contributed by atoms with Crippen molar-refractivity contribution in [3.8, 4) is 6.07 Å². The highest BCUT2D eigenvalue weighted by atomic mass is 16.4. The van der Waals surface area contributed by atoms with Crippen LogP contribution >= 0.6 is 0 Å². The Bertz CT molecular complexity index is 178. The highest BCUT2D eigenvalue weighted by Gasteiger charge is 2.03. The van der Waals surface area contributed by atoms with Crippen molar-refractivity contribution >= 4 is 5.97 Å². The van der Waals surface area contributed by atoms with Crippen LogP contribution in [0.2, 0.25) is 0 Å². The van der Waals surface area contributed by atoms with Gasteiger partial charge in [-0.3, -0.25) is 0 Å². The molecular weight excluding hydrogens is 118 g/mol. The molecule has 1 atom stereocenters. The summed E-state index contributed by atoms with van der Waals surface area (Å²) in [5.74, 6) is -2.01. The zero-order chi connectivity index (χ0) is 7.44. The van der Waals surface area contributed by atoms with Gasteiger partial charge >= 0.3 is 0 Å². The summed E-state index contributed by atoms with van der Waals surface area (Å²) in [6.45, 7) is 4.60. The van der Waals surface area contributed by atoms with Crippen LogP contribution in [0.1, 0.15) is 6.92 Å². The Morgan fingerprint density at radius 3 is 2.44 bits per heavy atom. The number of hydrogen-bond donors (Lipinski definition) is 0. The molecule has 0 aliphatic carbocycles. The van der Waals surface area contributed by atoms with Crippen LogP contribution in [0, 0.1) is 17.2 Å². The van der Waals surface area contributed by atoms with Crippen molar-refractivity contribution in [2.24, 2.45) is 5.92 Å².